The fourth-order valence-electron chi connectivity index (χ4n) is 3.73. The minimum absolute atomic E-state index is 0.0513. The number of hydrogen-bond acceptors (Lipinski definition) is 2. The lowest BCUT2D eigenvalue weighted by molar-refractivity contribution is 0.0913. The quantitative estimate of drug-likeness (QED) is 0.848. The highest BCUT2D eigenvalue weighted by atomic mass is 16.1. The number of hydrogen-bond donors (Lipinski definition) is 2. The first-order valence-electron chi connectivity index (χ1n) is 8.03. The van der Waals surface area contributed by atoms with Crippen LogP contribution in [0.3, 0.4) is 0 Å². The van der Waals surface area contributed by atoms with Crippen molar-refractivity contribution in [3.05, 3.63) is 70.8 Å². The van der Waals surface area contributed by atoms with E-state index in [1.54, 1.807) is 0 Å². The van der Waals surface area contributed by atoms with E-state index in [9.17, 15) is 4.79 Å². The monoisotopic (exact) mass is 292 g/mol. The molecule has 2 aliphatic heterocycles. The third-order valence-electron chi connectivity index (χ3n) is 4.80. The van der Waals surface area contributed by atoms with Gasteiger partial charge in [-0.15, -0.1) is 0 Å². The number of rotatable bonds is 1. The summed E-state index contributed by atoms with van der Waals surface area (Å²) in [5.41, 5.74) is 4.72. The van der Waals surface area contributed by atoms with E-state index in [0.29, 0.717) is 0 Å². The number of benzene rings is 2. The Morgan fingerprint density at radius 1 is 0.955 bits per heavy atom. The highest BCUT2D eigenvalue weighted by Crippen LogP contribution is 2.29. The predicted octanol–water partition coefficient (Wildman–Crippen LogP) is 2.62. The summed E-state index contributed by atoms with van der Waals surface area (Å²) < 4.78 is 0. The molecule has 0 saturated carbocycles. The summed E-state index contributed by atoms with van der Waals surface area (Å²) in [5, 5.41) is 6.85. The van der Waals surface area contributed by atoms with Crippen LogP contribution in [0.4, 0.5) is 0 Å². The lowest BCUT2D eigenvalue weighted by atomic mass is 9.87. The Labute approximate surface area is 130 Å². The first kappa shape index (κ1) is 13.5. The standard InChI is InChI=1S/C19H20N2O/c22-19-16-10-4-2-7-14(16)12-17(21-19)18-15-9-3-1-6-13(15)8-5-11-20-18/h1-4,6-7,9-10,17-18,20H,5,8,11-12H2,(H,21,22). The van der Waals surface area contributed by atoms with Crippen molar-refractivity contribution in [3.63, 3.8) is 0 Å². The summed E-state index contributed by atoms with van der Waals surface area (Å²) in [4.78, 5) is 12.4. The van der Waals surface area contributed by atoms with E-state index >= 15 is 0 Å². The molecule has 2 N–H and O–H groups in total. The van der Waals surface area contributed by atoms with Crippen LogP contribution in [0.2, 0.25) is 0 Å². The molecule has 4 rings (SSSR count). The highest BCUT2D eigenvalue weighted by molar-refractivity contribution is 5.97. The summed E-state index contributed by atoms with van der Waals surface area (Å²) in [7, 11) is 0. The predicted molar refractivity (Wildman–Crippen MR) is 86.9 cm³/mol. The smallest absolute Gasteiger partial charge is 0.251 e. The molecule has 2 aromatic rings. The molecule has 2 aromatic carbocycles. The minimum Gasteiger partial charge on any atom is -0.347 e. The fourth-order valence-corrected chi connectivity index (χ4v) is 3.73. The van der Waals surface area contributed by atoms with Crippen LogP contribution in [0.5, 0.6) is 0 Å². The lowest BCUT2D eigenvalue weighted by Crippen LogP contribution is -2.49. The molecule has 0 radical (unpaired) electrons. The molecule has 3 nitrogen and oxygen atoms in total. The van der Waals surface area contributed by atoms with Gasteiger partial charge in [-0.3, -0.25) is 4.79 Å². The van der Waals surface area contributed by atoms with Crippen LogP contribution in [-0.4, -0.2) is 18.5 Å². The van der Waals surface area contributed by atoms with Gasteiger partial charge in [-0.05, 0) is 48.6 Å². The molecule has 2 aliphatic rings. The first-order valence-corrected chi connectivity index (χ1v) is 8.03. The summed E-state index contributed by atoms with van der Waals surface area (Å²) in [6.45, 7) is 0.993. The SMILES string of the molecule is O=C1NC(C2NCCCc3ccccc32)Cc2ccccc21. The summed E-state index contributed by atoms with van der Waals surface area (Å²) in [5.74, 6) is 0.0513. The van der Waals surface area contributed by atoms with Gasteiger partial charge in [-0.2, -0.15) is 0 Å². The van der Waals surface area contributed by atoms with Crippen LogP contribution in [-0.2, 0) is 12.8 Å². The van der Waals surface area contributed by atoms with Crippen molar-refractivity contribution in [2.24, 2.45) is 0 Å². The van der Waals surface area contributed by atoms with E-state index in [-0.39, 0.29) is 18.0 Å². The van der Waals surface area contributed by atoms with Crippen molar-refractivity contribution in [2.45, 2.75) is 31.3 Å². The van der Waals surface area contributed by atoms with E-state index in [0.717, 1.165) is 36.9 Å². The zero-order chi connectivity index (χ0) is 14.9. The minimum atomic E-state index is 0.0513. The van der Waals surface area contributed by atoms with E-state index in [2.05, 4.69) is 41.0 Å². The van der Waals surface area contributed by atoms with Crippen molar-refractivity contribution in [1.29, 1.82) is 0 Å². The fraction of sp³-hybridized carbons (Fsp3) is 0.316. The largest absolute Gasteiger partial charge is 0.347 e. The van der Waals surface area contributed by atoms with Crippen LogP contribution >= 0.6 is 0 Å². The Bertz CT molecular complexity index is 710. The third-order valence-corrected chi connectivity index (χ3v) is 4.80. The highest BCUT2D eigenvalue weighted by Gasteiger charge is 2.32. The Hall–Kier alpha value is -2.13. The Morgan fingerprint density at radius 3 is 2.64 bits per heavy atom. The summed E-state index contributed by atoms with van der Waals surface area (Å²) in [6, 6.07) is 16.9. The van der Waals surface area contributed by atoms with Gasteiger partial charge in [0.1, 0.15) is 0 Å². The second-order valence-electron chi connectivity index (χ2n) is 6.18. The molecule has 2 unspecified atom stereocenters. The summed E-state index contributed by atoms with van der Waals surface area (Å²) >= 11 is 0. The lowest BCUT2D eigenvalue weighted by Gasteiger charge is -2.33. The molecule has 0 spiro atoms. The molecule has 2 heterocycles. The molecule has 0 saturated heterocycles. The van der Waals surface area contributed by atoms with Gasteiger partial charge in [-0.25, -0.2) is 0 Å². The number of amides is 1. The van der Waals surface area contributed by atoms with Gasteiger partial charge in [-0.1, -0.05) is 42.5 Å². The molecule has 0 fully saturated rings. The van der Waals surface area contributed by atoms with Crippen LogP contribution in [0.15, 0.2) is 48.5 Å². The van der Waals surface area contributed by atoms with E-state index in [1.807, 2.05) is 18.2 Å². The third kappa shape index (κ3) is 2.32. The molecular formula is C19H20N2O. The number of carbonyl (C=O) groups excluding carboxylic acids is 1. The van der Waals surface area contributed by atoms with Crippen LogP contribution in [0, 0.1) is 0 Å². The number of aryl methyl sites for hydroxylation is 1. The number of carbonyl (C=O) groups is 1. The van der Waals surface area contributed by atoms with Gasteiger partial charge in [0.25, 0.3) is 5.91 Å². The zero-order valence-corrected chi connectivity index (χ0v) is 12.5. The topological polar surface area (TPSA) is 41.1 Å². The van der Waals surface area contributed by atoms with E-state index in [4.69, 9.17) is 0 Å². The Kier molecular flexibility index (Phi) is 3.43. The van der Waals surface area contributed by atoms with Gasteiger partial charge >= 0.3 is 0 Å². The molecular weight excluding hydrogens is 272 g/mol. The molecule has 1 amide bonds. The second-order valence-corrected chi connectivity index (χ2v) is 6.18. The van der Waals surface area contributed by atoms with Gasteiger partial charge in [0, 0.05) is 5.56 Å². The van der Waals surface area contributed by atoms with Gasteiger partial charge < -0.3 is 10.6 Å². The van der Waals surface area contributed by atoms with Gasteiger partial charge in [0.05, 0.1) is 12.1 Å². The van der Waals surface area contributed by atoms with Crippen LogP contribution in [0.25, 0.3) is 0 Å². The van der Waals surface area contributed by atoms with Crippen molar-refractivity contribution in [1.82, 2.24) is 10.6 Å². The molecule has 112 valence electrons. The normalized spacial score (nSPS) is 23.9. The zero-order valence-electron chi connectivity index (χ0n) is 12.5. The number of fused-ring (bicyclic) bond motifs is 2. The number of nitrogens with one attached hydrogen (secondary N) is 2. The molecule has 2 atom stereocenters. The van der Waals surface area contributed by atoms with Gasteiger partial charge in [0.15, 0.2) is 0 Å². The van der Waals surface area contributed by atoms with Crippen LogP contribution in [0.1, 0.15) is 39.5 Å². The average molecular weight is 292 g/mol. The van der Waals surface area contributed by atoms with E-state index in [1.165, 1.54) is 11.1 Å². The molecule has 22 heavy (non-hydrogen) atoms. The molecule has 0 bridgehead atoms. The molecule has 3 heteroatoms. The van der Waals surface area contributed by atoms with Crippen molar-refractivity contribution >= 4 is 5.91 Å². The first-order chi connectivity index (χ1) is 10.8. The maximum atomic E-state index is 12.4. The maximum absolute atomic E-state index is 12.4. The van der Waals surface area contributed by atoms with Crippen molar-refractivity contribution in [3.8, 4) is 0 Å². The van der Waals surface area contributed by atoms with Crippen LogP contribution < -0.4 is 10.6 Å². The van der Waals surface area contributed by atoms with Crippen molar-refractivity contribution < 1.29 is 4.79 Å². The molecule has 0 aromatic heterocycles. The summed E-state index contributed by atoms with van der Waals surface area (Å²) in [6.07, 6.45) is 3.13. The second kappa shape index (κ2) is 5.58. The maximum Gasteiger partial charge on any atom is 0.251 e. The van der Waals surface area contributed by atoms with E-state index < -0.39 is 0 Å². The molecule has 0 aliphatic carbocycles. The average Bonchev–Trinajstić information content (AvgIpc) is 2.77. The Balaban J connectivity index is 1.70. The van der Waals surface area contributed by atoms with Gasteiger partial charge in [0.2, 0.25) is 0 Å². The van der Waals surface area contributed by atoms with Crippen molar-refractivity contribution in [2.75, 3.05) is 6.54 Å². The Morgan fingerprint density at radius 2 is 1.73 bits per heavy atom.